The lowest BCUT2D eigenvalue weighted by molar-refractivity contribution is -0.160. The second kappa shape index (κ2) is 11.1. The minimum Gasteiger partial charge on any atom is -0.487 e. The van der Waals surface area contributed by atoms with Crippen molar-refractivity contribution in [1.82, 2.24) is 15.0 Å². The van der Waals surface area contributed by atoms with Crippen LogP contribution in [0.15, 0.2) is 40.9 Å². The third-order valence-electron chi connectivity index (χ3n) is 7.24. The molecule has 0 spiro atoms. The number of carbonyl (C=O) groups is 3. The molecular weight excluding hydrogens is 534 g/mol. The van der Waals surface area contributed by atoms with Crippen molar-refractivity contribution in [3.63, 3.8) is 0 Å². The maximum atomic E-state index is 13.9. The van der Waals surface area contributed by atoms with Crippen molar-refractivity contribution < 1.29 is 28.4 Å². The minimum absolute atomic E-state index is 0.0381. The smallest absolute Gasteiger partial charge is 0.307 e. The lowest BCUT2D eigenvalue weighted by Crippen LogP contribution is -2.50. The Morgan fingerprint density at radius 2 is 1.93 bits per heavy atom. The van der Waals surface area contributed by atoms with E-state index in [1.807, 2.05) is 24.3 Å². The Labute approximate surface area is 238 Å². The van der Waals surface area contributed by atoms with Gasteiger partial charge >= 0.3 is 5.97 Å². The number of ether oxygens (including phenoxy) is 2. The van der Waals surface area contributed by atoms with Gasteiger partial charge in [0, 0.05) is 41.4 Å². The highest BCUT2D eigenvalue weighted by molar-refractivity contribution is 6.31. The van der Waals surface area contributed by atoms with Crippen LogP contribution in [0.4, 0.5) is 0 Å². The van der Waals surface area contributed by atoms with Gasteiger partial charge in [0.2, 0.25) is 11.8 Å². The molecule has 10 heteroatoms. The van der Waals surface area contributed by atoms with Crippen molar-refractivity contribution in [2.45, 2.75) is 71.8 Å². The Hall–Kier alpha value is -3.59. The zero-order chi connectivity index (χ0) is 28.6. The lowest BCUT2D eigenvalue weighted by Gasteiger charge is -2.43. The SMILES string of the molecule is CC(CC(=O)OC(C)(C)C)C(=O)N1CCc2c(Cl)ccc(OCc3noc4ccccc34)c2C1N1CCCC1=O. The number of carbonyl (C=O) groups excluding carboxylic acids is 3. The molecule has 3 heterocycles. The summed E-state index contributed by atoms with van der Waals surface area (Å²) in [5.74, 6) is -0.819. The number of halogens is 1. The topological polar surface area (TPSA) is 102 Å². The first-order valence-electron chi connectivity index (χ1n) is 13.6. The molecule has 212 valence electrons. The molecule has 2 aromatic carbocycles. The quantitative estimate of drug-likeness (QED) is 0.351. The van der Waals surface area contributed by atoms with Gasteiger partial charge in [0.15, 0.2) is 5.58 Å². The molecule has 2 aliphatic heterocycles. The van der Waals surface area contributed by atoms with Crippen LogP contribution in [0.2, 0.25) is 5.02 Å². The number of hydrogen-bond acceptors (Lipinski definition) is 7. The molecular formula is C30H34ClN3O6. The van der Waals surface area contributed by atoms with Crippen LogP contribution in [-0.4, -0.2) is 51.4 Å². The molecule has 3 aromatic rings. The van der Waals surface area contributed by atoms with Crippen LogP contribution in [0.5, 0.6) is 5.75 Å². The molecule has 2 unspecified atom stereocenters. The average molecular weight is 568 g/mol. The second-order valence-electron chi connectivity index (χ2n) is 11.4. The highest BCUT2D eigenvalue weighted by Gasteiger charge is 2.43. The van der Waals surface area contributed by atoms with E-state index in [9.17, 15) is 14.4 Å². The summed E-state index contributed by atoms with van der Waals surface area (Å²) in [4.78, 5) is 42.9. The summed E-state index contributed by atoms with van der Waals surface area (Å²) < 4.78 is 17.2. The molecule has 0 saturated carbocycles. The summed E-state index contributed by atoms with van der Waals surface area (Å²) in [6.45, 7) is 8.09. The fourth-order valence-corrected chi connectivity index (χ4v) is 5.72. The Balaban J connectivity index is 1.47. The number of benzene rings is 2. The van der Waals surface area contributed by atoms with E-state index in [0.717, 1.165) is 10.9 Å². The van der Waals surface area contributed by atoms with Gasteiger partial charge in [-0.15, -0.1) is 0 Å². The third-order valence-corrected chi connectivity index (χ3v) is 7.59. The first-order valence-corrected chi connectivity index (χ1v) is 14.0. The van der Waals surface area contributed by atoms with Gasteiger partial charge in [-0.25, -0.2) is 0 Å². The first-order chi connectivity index (χ1) is 19.0. The highest BCUT2D eigenvalue weighted by atomic mass is 35.5. The predicted octanol–water partition coefficient (Wildman–Crippen LogP) is 5.43. The molecule has 0 radical (unpaired) electrons. The standard InChI is InChI=1S/C30H34ClN3O6/c1-18(16-26(36)39-30(2,3)4)29(37)34-15-13-19-21(31)11-12-24(27(19)28(34)33-14-7-10-25(33)35)38-17-22-20-8-5-6-9-23(20)40-32-22/h5-6,8-9,11-12,18,28H,7,10,13-17H2,1-4H3. The molecule has 1 aromatic heterocycles. The molecule has 5 rings (SSSR count). The largest absolute Gasteiger partial charge is 0.487 e. The molecule has 0 aliphatic carbocycles. The Bertz CT molecular complexity index is 1440. The van der Waals surface area contributed by atoms with Crippen molar-refractivity contribution in [3.05, 3.63) is 58.2 Å². The van der Waals surface area contributed by atoms with Crippen LogP contribution in [0, 0.1) is 5.92 Å². The Morgan fingerprint density at radius 1 is 1.15 bits per heavy atom. The summed E-state index contributed by atoms with van der Waals surface area (Å²) in [7, 11) is 0. The molecule has 0 bridgehead atoms. The van der Waals surface area contributed by atoms with Crippen LogP contribution in [0.1, 0.15) is 69.9 Å². The monoisotopic (exact) mass is 567 g/mol. The zero-order valence-corrected chi connectivity index (χ0v) is 24.0. The van der Waals surface area contributed by atoms with E-state index in [2.05, 4.69) is 5.16 Å². The van der Waals surface area contributed by atoms with Gasteiger partial charge in [-0.1, -0.05) is 35.8 Å². The maximum absolute atomic E-state index is 13.9. The van der Waals surface area contributed by atoms with Crippen LogP contribution in [0.3, 0.4) is 0 Å². The van der Waals surface area contributed by atoms with E-state index in [1.54, 1.807) is 49.6 Å². The molecule has 2 atom stereocenters. The van der Waals surface area contributed by atoms with Gasteiger partial charge in [0.25, 0.3) is 0 Å². The molecule has 2 aliphatic rings. The number of aromatic nitrogens is 1. The molecule has 1 fully saturated rings. The number of hydrogen-bond donors (Lipinski definition) is 0. The lowest BCUT2D eigenvalue weighted by atomic mass is 9.93. The van der Waals surface area contributed by atoms with E-state index in [1.165, 1.54) is 0 Å². The van der Waals surface area contributed by atoms with Gasteiger partial charge < -0.3 is 23.8 Å². The highest BCUT2D eigenvalue weighted by Crippen LogP contribution is 2.44. The average Bonchev–Trinajstić information content (AvgIpc) is 3.52. The first kappa shape index (κ1) is 28.0. The van der Waals surface area contributed by atoms with Crippen molar-refractivity contribution in [2.24, 2.45) is 5.92 Å². The Kier molecular flexibility index (Phi) is 7.77. The van der Waals surface area contributed by atoms with Crippen LogP contribution < -0.4 is 4.74 Å². The fourth-order valence-electron chi connectivity index (χ4n) is 5.46. The van der Waals surface area contributed by atoms with E-state index >= 15 is 0 Å². The zero-order valence-electron chi connectivity index (χ0n) is 23.2. The van der Waals surface area contributed by atoms with E-state index < -0.39 is 23.7 Å². The normalized spacial score (nSPS) is 18.1. The van der Waals surface area contributed by atoms with Crippen molar-refractivity contribution >= 4 is 40.4 Å². The van der Waals surface area contributed by atoms with Gasteiger partial charge in [0.1, 0.15) is 29.8 Å². The molecule has 40 heavy (non-hydrogen) atoms. The van der Waals surface area contributed by atoms with Crippen molar-refractivity contribution in [2.75, 3.05) is 13.1 Å². The van der Waals surface area contributed by atoms with Crippen LogP contribution in [0.25, 0.3) is 11.0 Å². The third kappa shape index (κ3) is 5.66. The van der Waals surface area contributed by atoms with Gasteiger partial charge in [-0.3, -0.25) is 14.4 Å². The van der Waals surface area contributed by atoms with E-state index in [-0.39, 0.29) is 24.8 Å². The number of fused-ring (bicyclic) bond motifs is 2. The summed E-state index contributed by atoms with van der Waals surface area (Å²) >= 11 is 6.67. The maximum Gasteiger partial charge on any atom is 0.307 e. The molecule has 2 amide bonds. The van der Waals surface area contributed by atoms with E-state index in [4.69, 9.17) is 25.6 Å². The van der Waals surface area contributed by atoms with Crippen LogP contribution in [-0.2, 0) is 32.1 Å². The summed E-state index contributed by atoms with van der Waals surface area (Å²) in [6, 6.07) is 11.1. The fraction of sp³-hybridized carbons (Fsp3) is 0.467. The van der Waals surface area contributed by atoms with Crippen molar-refractivity contribution in [1.29, 1.82) is 0 Å². The number of nitrogens with zero attached hydrogens (tertiary/aromatic N) is 3. The van der Waals surface area contributed by atoms with Crippen molar-refractivity contribution in [3.8, 4) is 5.75 Å². The van der Waals surface area contributed by atoms with Gasteiger partial charge in [-0.05, 0) is 63.4 Å². The number of esters is 1. The molecule has 0 N–H and O–H groups in total. The number of likely N-dealkylation sites (tertiary alicyclic amines) is 1. The number of rotatable bonds is 7. The summed E-state index contributed by atoms with van der Waals surface area (Å²) in [5, 5.41) is 5.58. The molecule has 1 saturated heterocycles. The summed E-state index contributed by atoms with van der Waals surface area (Å²) in [5.41, 5.74) is 2.20. The van der Waals surface area contributed by atoms with Gasteiger partial charge in [0.05, 0.1) is 6.42 Å². The second-order valence-corrected chi connectivity index (χ2v) is 11.8. The number of para-hydroxylation sites is 1. The van der Waals surface area contributed by atoms with Gasteiger partial charge in [-0.2, -0.15) is 0 Å². The van der Waals surface area contributed by atoms with Crippen LogP contribution >= 0.6 is 11.6 Å². The molecule has 9 nitrogen and oxygen atoms in total. The number of amides is 2. The summed E-state index contributed by atoms with van der Waals surface area (Å²) in [6.07, 6.45) is 0.834. The predicted molar refractivity (Wildman–Crippen MR) is 149 cm³/mol. The van der Waals surface area contributed by atoms with E-state index in [0.29, 0.717) is 60.0 Å². The Morgan fingerprint density at radius 3 is 2.65 bits per heavy atom. The minimum atomic E-state index is -0.699.